The number of imidazole rings is 1. The highest BCUT2D eigenvalue weighted by molar-refractivity contribution is 5.97. The second kappa shape index (κ2) is 8.62. The lowest BCUT2D eigenvalue weighted by Gasteiger charge is -2.31. The van der Waals surface area contributed by atoms with Gasteiger partial charge in [-0.2, -0.15) is 0 Å². The summed E-state index contributed by atoms with van der Waals surface area (Å²) in [6.45, 7) is 2.73. The second-order valence-corrected chi connectivity index (χ2v) is 6.65. The molecule has 0 bridgehead atoms. The lowest BCUT2D eigenvalue weighted by atomic mass is 9.96. The smallest absolute Gasteiger partial charge is 0.253 e. The number of nitrogens with two attached hydrogens (primary N) is 1. The van der Waals surface area contributed by atoms with Crippen molar-refractivity contribution in [3.63, 3.8) is 0 Å². The number of aromatic nitrogens is 2. The molecule has 1 aliphatic heterocycles. The average molecular weight is 355 g/mol. The Morgan fingerprint density at radius 2 is 2.08 bits per heavy atom. The first-order chi connectivity index (χ1) is 12.7. The molecular formula is C19H25N5O2. The van der Waals surface area contributed by atoms with E-state index >= 15 is 0 Å². The number of anilines is 1. The Kier molecular flexibility index (Phi) is 6.01. The molecule has 3 rings (SSSR count). The van der Waals surface area contributed by atoms with Gasteiger partial charge in [-0.1, -0.05) is 6.07 Å². The Balaban J connectivity index is 1.55. The molecule has 0 spiro atoms. The van der Waals surface area contributed by atoms with Crippen LogP contribution < -0.4 is 11.1 Å². The minimum Gasteiger partial charge on any atom is -0.339 e. The molecule has 7 heteroatoms. The van der Waals surface area contributed by atoms with E-state index in [-0.39, 0.29) is 11.8 Å². The van der Waals surface area contributed by atoms with Gasteiger partial charge in [-0.15, -0.1) is 0 Å². The van der Waals surface area contributed by atoms with Crippen molar-refractivity contribution >= 4 is 17.5 Å². The maximum absolute atomic E-state index is 12.7. The molecule has 0 unspecified atom stereocenters. The summed E-state index contributed by atoms with van der Waals surface area (Å²) in [6.07, 6.45) is 7.44. The first kappa shape index (κ1) is 18.1. The monoisotopic (exact) mass is 355 g/mol. The average Bonchev–Trinajstić information content (AvgIpc) is 3.20. The topological polar surface area (TPSA) is 93.3 Å². The van der Waals surface area contributed by atoms with Crippen molar-refractivity contribution in [2.75, 3.05) is 25.0 Å². The molecular weight excluding hydrogens is 330 g/mol. The fourth-order valence-electron chi connectivity index (χ4n) is 3.16. The van der Waals surface area contributed by atoms with Gasteiger partial charge in [-0.05, 0) is 43.5 Å². The van der Waals surface area contributed by atoms with Crippen molar-refractivity contribution in [1.29, 1.82) is 0 Å². The van der Waals surface area contributed by atoms with Gasteiger partial charge in [0.1, 0.15) is 0 Å². The molecule has 26 heavy (non-hydrogen) atoms. The fourth-order valence-corrected chi connectivity index (χ4v) is 3.16. The molecule has 1 aromatic carbocycles. The number of benzene rings is 1. The molecule has 3 N–H and O–H groups in total. The first-order valence-electron chi connectivity index (χ1n) is 9.00. The Morgan fingerprint density at radius 1 is 1.27 bits per heavy atom. The summed E-state index contributed by atoms with van der Waals surface area (Å²) in [4.78, 5) is 30.6. The van der Waals surface area contributed by atoms with Crippen molar-refractivity contribution in [2.45, 2.75) is 25.8 Å². The Bertz CT molecular complexity index is 736. The van der Waals surface area contributed by atoms with Crippen molar-refractivity contribution in [2.24, 2.45) is 11.7 Å². The highest BCUT2D eigenvalue weighted by Gasteiger charge is 2.23. The molecule has 2 amide bonds. The van der Waals surface area contributed by atoms with Gasteiger partial charge in [0.2, 0.25) is 5.91 Å². The van der Waals surface area contributed by atoms with Crippen LogP contribution in [0.1, 0.15) is 29.6 Å². The van der Waals surface area contributed by atoms with Gasteiger partial charge in [-0.3, -0.25) is 9.59 Å². The quantitative estimate of drug-likeness (QED) is 0.825. The summed E-state index contributed by atoms with van der Waals surface area (Å²) >= 11 is 0. The molecule has 0 aliphatic carbocycles. The number of carbonyl (C=O) groups excluding carboxylic acids is 2. The maximum atomic E-state index is 12.7. The van der Waals surface area contributed by atoms with Crippen LogP contribution in [0.2, 0.25) is 0 Å². The standard InChI is InChI=1S/C19H25N5O2/c20-13-15-4-9-24(10-5-15)19(26)16-2-1-3-17(12-16)22-18(25)6-8-23-11-7-21-14-23/h1-3,7,11-12,14-15H,4-6,8-10,13,20H2,(H,22,25). The van der Waals surface area contributed by atoms with Gasteiger partial charge in [0.25, 0.3) is 5.91 Å². The number of likely N-dealkylation sites (tertiary alicyclic amines) is 1. The highest BCUT2D eigenvalue weighted by atomic mass is 16.2. The number of piperidine rings is 1. The molecule has 0 saturated carbocycles. The van der Waals surface area contributed by atoms with Crippen molar-refractivity contribution in [3.8, 4) is 0 Å². The van der Waals surface area contributed by atoms with E-state index in [0.717, 1.165) is 25.9 Å². The van der Waals surface area contributed by atoms with Crippen LogP contribution in [0, 0.1) is 5.92 Å². The van der Waals surface area contributed by atoms with Crippen LogP contribution in [0.25, 0.3) is 0 Å². The minimum atomic E-state index is -0.0907. The van der Waals surface area contributed by atoms with Crippen LogP contribution >= 0.6 is 0 Å². The van der Waals surface area contributed by atoms with Crippen LogP contribution in [-0.4, -0.2) is 45.9 Å². The Labute approximate surface area is 153 Å². The summed E-state index contributed by atoms with van der Waals surface area (Å²) < 4.78 is 1.85. The Morgan fingerprint density at radius 3 is 2.77 bits per heavy atom. The number of hydrogen-bond donors (Lipinski definition) is 2. The largest absolute Gasteiger partial charge is 0.339 e. The van der Waals surface area contributed by atoms with E-state index in [0.29, 0.717) is 36.7 Å². The minimum absolute atomic E-state index is 0.00925. The predicted molar refractivity (Wildman–Crippen MR) is 99.6 cm³/mol. The molecule has 2 aromatic rings. The third-order valence-electron chi connectivity index (χ3n) is 4.78. The third-order valence-corrected chi connectivity index (χ3v) is 4.78. The van der Waals surface area contributed by atoms with E-state index in [1.54, 1.807) is 36.8 Å². The third kappa shape index (κ3) is 4.70. The predicted octanol–water partition coefficient (Wildman–Crippen LogP) is 1.72. The lowest BCUT2D eigenvalue weighted by Crippen LogP contribution is -2.40. The molecule has 2 heterocycles. The summed E-state index contributed by atoms with van der Waals surface area (Å²) in [6, 6.07) is 7.13. The normalized spacial score (nSPS) is 15.0. The number of hydrogen-bond acceptors (Lipinski definition) is 4. The lowest BCUT2D eigenvalue weighted by molar-refractivity contribution is -0.116. The van der Waals surface area contributed by atoms with Crippen molar-refractivity contribution < 1.29 is 9.59 Å². The van der Waals surface area contributed by atoms with Crippen LogP contribution in [0.15, 0.2) is 43.0 Å². The van der Waals surface area contributed by atoms with Crippen molar-refractivity contribution in [1.82, 2.24) is 14.5 Å². The van der Waals surface area contributed by atoms with Gasteiger partial charge < -0.3 is 20.5 Å². The SMILES string of the molecule is NCC1CCN(C(=O)c2cccc(NC(=O)CCn3ccnc3)c2)CC1. The molecule has 138 valence electrons. The highest BCUT2D eigenvalue weighted by Crippen LogP contribution is 2.19. The van der Waals surface area contributed by atoms with E-state index in [1.807, 2.05) is 15.7 Å². The molecule has 0 radical (unpaired) electrons. The van der Waals surface area contributed by atoms with E-state index in [4.69, 9.17) is 5.73 Å². The summed E-state index contributed by atoms with van der Waals surface area (Å²) in [5.74, 6) is 0.433. The molecule has 1 aromatic heterocycles. The number of nitrogens with zero attached hydrogens (tertiary/aromatic N) is 3. The van der Waals surface area contributed by atoms with Crippen LogP contribution in [0.3, 0.4) is 0 Å². The van der Waals surface area contributed by atoms with E-state index in [9.17, 15) is 9.59 Å². The molecule has 1 aliphatic rings. The number of nitrogens with one attached hydrogen (secondary N) is 1. The molecule has 1 saturated heterocycles. The van der Waals surface area contributed by atoms with Gasteiger partial charge in [-0.25, -0.2) is 4.98 Å². The first-order valence-corrected chi connectivity index (χ1v) is 9.00. The molecule has 0 atom stereocenters. The maximum Gasteiger partial charge on any atom is 0.253 e. The zero-order valence-corrected chi connectivity index (χ0v) is 14.8. The van der Waals surface area contributed by atoms with E-state index in [1.165, 1.54) is 0 Å². The molecule has 1 fully saturated rings. The van der Waals surface area contributed by atoms with Gasteiger partial charge in [0.15, 0.2) is 0 Å². The molecule has 7 nitrogen and oxygen atoms in total. The van der Waals surface area contributed by atoms with E-state index < -0.39 is 0 Å². The zero-order valence-electron chi connectivity index (χ0n) is 14.8. The van der Waals surface area contributed by atoms with Gasteiger partial charge in [0.05, 0.1) is 6.33 Å². The Hall–Kier alpha value is -2.67. The van der Waals surface area contributed by atoms with E-state index in [2.05, 4.69) is 10.3 Å². The summed E-state index contributed by atoms with van der Waals surface area (Å²) in [5.41, 5.74) is 6.95. The van der Waals surface area contributed by atoms with Crippen LogP contribution in [0.5, 0.6) is 0 Å². The summed E-state index contributed by atoms with van der Waals surface area (Å²) in [7, 11) is 0. The fraction of sp³-hybridized carbons (Fsp3) is 0.421. The van der Waals surface area contributed by atoms with Gasteiger partial charge >= 0.3 is 0 Å². The van der Waals surface area contributed by atoms with Gasteiger partial charge in [0, 0.05) is 49.7 Å². The van der Waals surface area contributed by atoms with Crippen LogP contribution in [-0.2, 0) is 11.3 Å². The number of amides is 2. The number of aryl methyl sites for hydroxylation is 1. The zero-order chi connectivity index (χ0) is 18.4. The van der Waals surface area contributed by atoms with Crippen LogP contribution in [0.4, 0.5) is 5.69 Å². The summed E-state index contributed by atoms with van der Waals surface area (Å²) in [5, 5.41) is 2.86. The second-order valence-electron chi connectivity index (χ2n) is 6.65. The number of carbonyl (C=O) groups is 2. The van der Waals surface area contributed by atoms with Crippen molar-refractivity contribution in [3.05, 3.63) is 48.5 Å². The number of rotatable bonds is 6.